The summed E-state index contributed by atoms with van der Waals surface area (Å²) in [5, 5.41) is 1.11. The van der Waals surface area contributed by atoms with E-state index in [9.17, 15) is 0 Å². The van der Waals surface area contributed by atoms with Gasteiger partial charge in [0.25, 0.3) is 0 Å². The number of pyridine rings is 1. The highest BCUT2D eigenvalue weighted by atomic mass is 35.5. The molecule has 0 atom stereocenters. The largest absolute Gasteiger partial charge is 0.255 e. The first kappa shape index (κ1) is 9.05. The van der Waals surface area contributed by atoms with Crippen molar-refractivity contribution in [2.45, 2.75) is 0 Å². The van der Waals surface area contributed by atoms with Gasteiger partial charge in [-0.1, -0.05) is 30.0 Å². The van der Waals surface area contributed by atoms with Gasteiger partial charge in [0.1, 0.15) is 0 Å². The molecule has 1 aromatic carbocycles. The van der Waals surface area contributed by atoms with E-state index >= 15 is 0 Å². The van der Waals surface area contributed by atoms with Crippen molar-refractivity contribution in [1.82, 2.24) is 4.98 Å². The predicted octanol–water partition coefficient (Wildman–Crippen LogP) is 2.83. The Labute approximate surface area is 87.7 Å². The van der Waals surface area contributed by atoms with Crippen LogP contribution >= 0.6 is 11.6 Å². The van der Waals surface area contributed by atoms with Crippen LogP contribution in [-0.2, 0) is 0 Å². The smallest absolute Gasteiger partial charge is 0.0858 e. The van der Waals surface area contributed by atoms with E-state index in [4.69, 9.17) is 11.6 Å². The highest BCUT2D eigenvalue weighted by Gasteiger charge is 1.96. The number of para-hydroxylation sites is 1. The van der Waals surface area contributed by atoms with Crippen LogP contribution in [0.15, 0.2) is 36.5 Å². The molecule has 2 aromatic rings. The average Bonchev–Trinajstić information content (AvgIpc) is 2.26. The Morgan fingerprint density at radius 3 is 2.93 bits per heavy atom. The number of fused-ring (bicyclic) bond motifs is 1. The molecule has 0 saturated carbocycles. The molecule has 0 unspecified atom stereocenters. The molecule has 68 valence electrons. The summed E-state index contributed by atoms with van der Waals surface area (Å²) in [7, 11) is 0. The van der Waals surface area contributed by atoms with E-state index in [-0.39, 0.29) is 0 Å². The van der Waals surface area contributed by atoms with Crippen LogP contribution in [0.1, 0.15) is 5.56 Å². The molecular weight excluding hydrogens is 194 g/mol. The maximum atomic E-state index is 5.51. The number of aromatic nitrogens is 1. The van der Waals surface area contributed by atoms with E-state index in [0.29, 0.717) is 5.88 Å². The Morgan fingerprint density at radius 1 is 1.21 bits per heavy atom. The van der Waals surface area contributed by atoms with Crippen LogP contribution in [0.5, 0.6) is 0 Å². The summed E-state index contributed by atoms with van der Waals surface area (Å²) in [6.07, 6.45) is 1.77. The molecule has 1 nitrogen and oxygen atoms in total. The molecule has 0 saturated heterocycles. The first-order valence-electron chi connectivity index (χ1n) is 4.30. The van der Waals surface area contributed by atoms with Gasteiger partial charge in [0.2, 0.25) is 0 Å². The normalized spacial score (nSPS) is 9.50. The fraction of sp³-hybridized carbons (Fsp3) is 0.0833. The molecular formula is C12H8ClN. The summed E-state index contributed by atoms with van der Waals surface area (Å²) < 4.78 is 0. The Bertz CT molecular complexity index is 503. The quantitative estimate of drug-likeness (QED) is 0.472. The van der Waals surface area contributed by atoms with Crippen molar-refractivity contribution in [2.24, 2.45) is 0 Å². The molecule has 0 bridgehead atoms. The van der Waals surface area contributed by atoms with Crippen LogP contribution in [0.2, 0.25) is 0 Å². The predicted molar refractivity (Wildman–Crippen MR) is 59.3 cm³/mol. The van der Waals surface area contributed by atoms with Crippen molar-refractivity contribution in [3.8, 4) is 11.8 Å². The van der Waals surface area contributed by atoms with Crippen molar-refractivity contribution < 1.29 is 0 Å². The minimum Gasteiger partial charge on any atom is -0.255 e. The summed E-state index contributed by atoms with van der Waals surface area (Å²) in [6, 6.07) is 9.89. The third-order valence-electron chi connectivity index (χ3n) is 1.92. The van der Waals surface area contributed by atoms with Gasteiger partial charge in [0.05, 0.1) is 17.0 Å². The van der Waals surface area contributed by atoms with Gasteiger partial charge in [-0.25, -0.2) is 0 Å². The lowest BCUT2D eigenvalue weighted by molar-refractivity contribution is 1.40. The SMILES string of the molecule is ClCC#Cc1cccc2cccnc12. The van der Waals surface area contributed by atoms with Crippen LogP contribution < -0.4 is 0 Å². The lowest BCUT2D eigenvalue weighted by Gasteiger charge is -1.97. The zero-order valence-electron chi connectivity index (χ0n) is 7.50. The second kappa shape index (κ2) is 4.13. The second-order valence-corrected chi connectivity index (χ2v) is 3.08. The molecule has 0 fully saturated rings. The van der Waals surface area contributed by atoms with Crippen LogP contribution in [0, 0.1) is 11.8 Å². The minimum atomic E-state index is 0.350. The molecule has 1 heterocycles. The number of alkyl halides is 1. The minimum absolute atomic E-state index is 0.350. The molecule has 2 rings (SSSR count). The Balaban J connectivity index is 2.65. The van der Waals surface area contributed by atoms with Gasteiger partial charge in [-0.2, -0.15) is 0 Å². The van der Waals surface area contributed by atoms with Gasteiger partial charge in [0.15, 0.2) is 0 Å². The third-order valence-corrected chi connectivity index (χ3v) is 2.06. The highest BCUT2D eigenvalue weighted by molar-refractivity contribution is 6.19. The fourth-order valence-electron chi connectivity index (χ4n) is 1.33. The van der Waals surface area contributed by atoms with Crippen molar-refractivity contribution >= 4 is 22.5 Å². The average molecular weight is 202 g/mol. The highest BCUT2D eigenvalue weighted by Crippen LogP contribution is 2.14. The summed E-state index contributed by atoms with van der Waals surface area (Å²) in [5.74, 6) is 6.18. The van der Waals surface area contributed by atoms with E-state index < -0.39 is 0 Å². The number of nitrogens with zero attached hydrogens (tertiary/aromatic N) is 1. The summed E-state index contributed by atoms with van der Waals surface area (Å²) in [6.45, 7) is 0. The lowest BCUT2D eigenvalue weighted by Crippen LogP contribution is -1.82. The zero-order chi connectivity index (χ0) is 9.80. The molecule has 0 aliphatic carbocycles. The Morgan fingerprint density at radius 2 is 2.07 bits per heavy atom. The molecule has 0 radical (unpaired) electrons. The molecule has 0 aliphatic rings. The first-order valence-corrected chi connectivity index (χ1v) is 4.84. The van der Waals surface area contributed by atoms with Gasteiger partial charge in [-0.15, -0.1) is 11.6 Å². The molecule has 1 aromatic heterocycles. The van der Waals surface area contributed by atoms with E-state index in [0.717, 1.165) is 16.5 Å². The first-order chi connectivity index (χ1) is 6.92. The van der Waals surface area contributed by atoms with Gasteiger partial charge >= 0.3 is 0 Å². The maximum absolute atomic E-state index is 5.51. The van der Waals surface area contributed by atoms with Crippen LogP contribution in [0.3, 0.4) is 0 Å². The molecule has 0 amide bonds. The monoisotopic (exact) mass is 201 g/mol. The van der Waals surface area contributed by atoms with Gasteiger partial charge in [-0.05, 0) is 12.1 Å². The van der Waals surface area contributed by atoms with Gasteiger partial charge < -0.3 is 0 Å². The summed E-state index contributed by atoms with van der Waals surface area (Å²) >= 11 is 5.51. The molecule has 0 spiro atoms. The van der Waals surface area contributed by atoms with E-state index in [2.05, 4.69) is 16.8 Å². The van der Waals surface area contributed by atoms with Crippen molar-refractivity contribution in [2.75, 3.05) is 5.88 Å². The second-order valence-electron chi connectivity index (χ2n) is 2.82. The number of rotatable bonds is 0. The van der Waals surface area contributed by atoms with E-state index in [1.54, 1.807) is 6.20 Å². The lowest BCUT2D eigenvalue weighted by atomic mass is 10.1. The molecule has 2 heteroatoms. The topological polar surface area (TPSA) is 12.9 Å². The number of hydrogen-bond donors (Lipinski definition) is 0. The van der Waals surface area contributed by atoms with Gasteiger partial charge in [0, 0.05) is 11.6 Å². The van der Waals surface area contributed by atoms with Crippen molar-refractivity contribution in [3.63, 3.8) is 0 Å². The van der Waals surface area contributed by atoms with Crippen LogP contribution in [0.4, 0.5) is 0 Å². The van der Waals surface area contributed by atoms with Crippen molar-refractivity contribution in [3.05, 3.63) is 42.1 Å². The maximum Gasteiger partial charge on any atom is 0.0858 e. The summed E-state index contributed by atoms with van der Waals surface area (Å²) in [4.78, 5) is 4.29. The Kier molecular flexibility index (Phi) is 2.67. The van der Waals surface area contributed by atoms with Crippen molar-refractivity contribution in [1.29, 1.82) is 0 Å². The van der Waals surface area contributed by atoms with Crippen LogP contribution in [-0.4, -0.2) is 10.9 Å². The fourth-order valence-corrected chi connectivity index (χ4v) is 1.40. The van der Waals surface area contributed by atoms with Crippen LogP contribution in [0.25, 0.3) is 10.9 Å². The molecule has 14 heavy (non-hydrogen) atoms. The zero-order valence-corrected chi connectivity index (χ0v) is 8.25. The number of hydrogen-bond acceptors (Lipinski definition) is 1. The van der Waals surface area contributed by atoms with Gasteiger partial charge in [-0.3, -0.25) is 4.98 Å². The van der Waals surface area contributed by atoms with E-state index in [1.165, 1.54) is 0 Å². The summed E-state index contributed by atoms with van der Waals surface area (Å²) in [5.41, 5.74) is 1.87. The Hall–Kier alpha value is -1.52. The van der Waals surface area contributed by atoms with E-state index in [1.807, 2.05) is 30.3 Å². The number of halogens is 1. The molecule has 0 N–H and O–H groups in total. The third kappa shape index (κ3) is 1.71. The number of benzene rings is 1. The molecule has 0 aliphatic heterocycles. The standard InChI is InChI=1S/C12H8ClN/c13-8-2-6-10-4-1-5-11-7-3-9-14-12(10)11/h1,3-5,7,9H,8H2.